The van der Waals surface area contributed by atoms with Gasteiger partial charge >= 0.3 is 12.1 Å². The van der Waals surface area contributed by atoms with Crippen LogP contribution in [0.2, 0.25) is 0 Å². The molecule has 4 nitrogen and oxygen atoms in total. The lowest BCUT2D eigenvalue weighted by atomic mass is 9.86. The summed E-state index contributed by atoms with van der Waals surface area (Å²) in [5.41, 5.74) is 0. The molecule has 0 spiro atoms. The summed E-state index contributed by atoms with van der Waals surface area (Å²) in [5.74, 6) is -1.85. The third kappa shape index (κ3) is 6.77. The zero-order chi connectivity index (χ0) is 15.2. The minimum atomic E-state index is -4.61. The highest BCUT2D eigenvalue weighted by Crippen LogP contribution is 2.27. The molecule has 0 radical (unpaired) electrons. The van der Waals surface area contributed by atoms with Crippen LogP contribution in [0.15, 0.2) is 0 Å². The molecule has 20 heavy (non-hydrogen) atoms. The Kier molecular flexibility index (Phi) is 6.29. The third-order valence-electron chi connectivity index (χ3n) is 3.57. The molecule has 0 aromatic heterocycles. The molecule has 1 fully saturated rings. The number of hydrogen-bond acceptors (Lipinski definition) is 2. The Labute approximate surface area is 115 Å². The summed E-state index contributed by atoms with van der Waals surface area (Å²) in [5, 5.41) is 10.6. The zero-order valence-electron chi connectivity index (χ0n) is 11.2. The van der Waals surface area contributed by atoms with Crippen LogP contribution in [0.4, 0.5) is 13.2 Å². The number of rotatable bonds is 6. The fraction of sp³-hybridized carbons (Fsp3) is 0.846. The summed E-state index contributed by atoms with van der Waals surface area (Å²) in [7, 11) is 0. The van der Waals surface area contributed by atoms with Gasteiger partial charge in [-0.05, 0) is 12.3 Å². The fourth-order valence-electron chi connectivity index (χ4n) is 2.51. The largest absolute Gasteiger partial charge is 0.480 e. The number of carbonyl (C=O) groups is 2. The maximum absolute atomic E-state index is 12.2. The van der Waals surface area contributed by atoms with E-state index in [-0.39, 0.29) is 6.42 Å². The molecule has 1 atom stereocenters. The van der Waals surface area contributed by atoms with Crippen molar-refractivity contribution in [2.45, 2.75) is 63.6 Å². The summed E-state index contributed by atoms with van der Waals surface area (Å²) < 4.78 is 36.5. The van der Waals surface area contributed by atoms with Crippen LogP contribution < -0.4 is 5.32 Å². The monoisotopic (exact) mass is 295 g/mol. The molecule has 0 aromatic rings. The first-order valence-corrected chi connectivity index (χ1v) is 6.87. The van der Waals surface area contributed by atoms with Gasteiger partial charge in [-0.15, -0.1) is 0 Å². The van der Waals surface area contributed by atoms with Gasteiger partial charge in [0.1, 0.15) is 6.04 Å². The van der Waals surface area contributed by atoms with Crippen LogP contribution in [0, 0.1) is 5.92 Å². The number of aliphatic carboxylic acids is 1. The molecule has 2 N–H and O–H groups in total. The molecule has 1 saturated carbocycles. The molecule has 0 bridgehead atoms. The maximum Gasteiger partial charge on any atom is 0.391 e. The minimum Gasteiger partial charge on any atom is -0.480 e. The highest BCUT2D eigenvalue weighted by atomic mass is 19.4. The number of alkyl halides is 3. The Morgan fingerprint density at radius 1 is 1.20 bits per heavy atom. The van der Waals surface area contributed by atoms with Crippen molar-refractivity contribution >= 4 is 11.9 Å². The summed E-state index contributed by atoms with van der Waals surface area (Å²) in [6, 6.07) is -1.89. The van der Waals surface area contributed by atoms with Crippen molar-refractivity contribution < 1.29 is 27.9 Å². The highest BCUT2D eigenvalue weighted by molar-refractivity contribution is 5.83. The van der Waals surface area contributed by atoms with Gasteiger partial charge < -0.3 is 10.4 Å². The fourth-order valence-corrected chi connectivity index (χ4v) is 2.51. The van der Waals surface area contributed by atoms with E-state index in [0.717, 1.165) is 25.7 Å². The number of halogens is 3. The molecule has 0 heterocycles. The van der Waals surface area contributed by atoms with Gasteiger partial charge in [-0.3, -0.25) is 4.79 Å². The first-order valence-electron chi connectivity index (χ1n) is 6.87. The Morgan fingerprint density at radius 3 is 2.30 bits per heavy atom. The predicted octanol–water partition coefficient (Wildman–Crippen LogP) is 2.87. The normalized spacial score (nSPS) is 18.6. The first kappa shape index (κ1) is 16.8. The molecule has 116 valence electrons. The molecule has 0 aliphatic heterocycles. The van der Waals surface area contributed by atoms with Crippen LogP contribution in [0.3, 0.4) is 0 Å². The smallest absolute Gasteiger partial charge is 0.391 e. The van der Waals surface area contributed by atoms with Crippen molar-refractivity contribution in [3.05, 3.63) is 0 Å². The topological polar surface area (TPSA) is 66.4 Å². The van der Waals surface area contributed by atoms with E-state index in [0.29, 0.717) is 12.3 Å². The molecule has 1 aliphatic rings. The lowest BCUT2D eigenvalue weighted by molar-refractivity contribution is -0.160. The van der Waals surface area contributed by atoms with Crippen LogP contribution in [0.25, 0.3) is 0 Å². The molecule has 0 aromatic carbocycles. The molecule has 1 amide bonds. The molecular formula is C13H20F3NO3. The van der Waals surface area contributed by atoms with Gasteiger partial charge in [0, 0.05) is 6.42 Å². The number of carboxylic acid groups (broad SMARTS) is 1. The number of hydrogen-bond donors (Lipinski definition) is 2. The van der Waals surface area contributed by atoms with Crippen molar-refractivity contribution in [1.82, 2.24) is 5.32 Å². The minimum absolute atomic E-state index is 0.0896. The number of carboxylic acids is 1. The number of amides is 1. The number of carbonyl (C=O) groups excluding carboxylic acids is 1. The molecule has 7 heteroatoms. The van der Waals surface area contributed by atoms with Gasteiger partial charge in [0.15, 0.2) is 0 Å². The van der Waals surface area contributed by atoms with Gasteiger partial charge in [0.2, 0.25) is 5.91 Å². The van der Waals surface area contributed by atoms with Crippen LogP contribution in [-0.2, 0) is 9.59 Å². The maximum atomic E-state index is 12.2. The average molecular weight is 295 g/mol. The van der Waals surface area contributed by atoms with E-state index in [2.05, 4.69) is 0 Å². The Bertz CT molecular complexity index is 338. The van der Waals surface area contributed by atoms with Gasteiger partial charge in [0.05, 0.1) is 6.42 Å². The van der Waals surface area contributed by atoms with Gasteiger partial charge in [-0.2, -0.15) is 13.2 Å². The zero-order valence-corrected chi connectivity index (χ0v) is 11.2. The molecule has 1 unspecified atom stereocenters. The summed E-state index contributed by atoms with van der Waals surface area (Å²) in [4.78, 5) is 22.2. The van der Waals surface area contributed by atoms with Gasteiger partial charge in [0.25, 0.3) is 0 Å². The second-order valence-electron chi connectivity index (χ2n) is 5.32. The second-order valence-corrected chi connectivity index (χ2v) is 5.32. The summed E-state index contributed by atoms with van der Waals surface area (Å²) in [6.07, 6.45) is 0.0651. The lowest BCUT2D eigenvalue weighted by Crippen LogP contribution is -2.43. The lowest BCUT2D eigenvalue weighted by Gasteiger charge is -2.21. The SMILES string of the molecule is O=C(CCC1CCCCC1)NC(CC(F)(F)F)C(=O)O. The van der Waals surface area contributed by atoms with E-state index in [1.54, 1.807) is 0 Å². The quantitative estimate of drug-likeness (QED) is 0.792. The molecule has 1 rings (SSSR count). The second kappa shape index (κ2) is 7.50. The van der Waals surface area contributed by atoms with Crippen LogP contribution in [0.5, 0.6) is 0 Å². The third-order valence-corrected chi connectivity index (χ3v) is 3.57. The highest BCUT2D eigenvalue weighted by Gasteiger charge is 2.36. The summed E-state index contributed by atoms with van der Waals surface area (Å²) in [6.45, 7) is 0. The van der Waals surface area contributed by atoms with Crippen molar-refractivity contribution in [3.8, 4) is 0 Å². The van der Waals surface area contributed by atoms with E-state index in [1.807, 2.05) is 5.32 Å². The van der Waals surface area contributed by atoms with Crippen LogP contribution in [-0.4, -0.2) is 29.2 Å². The number of nitrogens with one attached hydrogen (secondary N) is 1. The molecule has 1 aliphatic carbocycles. The predicted molar refractivity (Wildman–Crippen MR) is 66.0 cm³/mol. The van der Waals surface area contributed by atoms with Crippen molar-refractivity contribution in [3.63, 3.8) is 0 Å². The van der Waals surface area contributed by atoms with Crippen LogP contribution >= 0.6 is 0 Å². The van der Waals surface area contributed by atoms with Crippen LogP contribution in [0.1, 0.15) is 51.4 Å². The molecular weight excluding hydrogens is 275 g/mol. The van der Waals surface area contributed by atoms with Crippen molar-refractivity contribution in [2.24, 2.45) is 5.92 Å². The van der Waals surface area contributed by atoms with E-state index in [4.69, 9.17) is 5.11 Å². The Balaban J connectivity index is 2.35. The first-order chi connectivity index (χ1) is 9.28. The summed E-state index contributed by atoms with van der Waals surface area (Å²) >= 11 is 0. The van der Waals surface area contributed by atoms with E-state index < -0.39 is 30.5 Å². The molecule has 0 saturated heterocycles. The van der Waals surface area contributed by atoms with E-state index >= 15 is 0 Å². The van der Waals surface area contributed by atoms with Gasteiger partial charge in [-0.1, -0.05) is 32.1 Å². The van der Waals surface area contributed by atoms with Crippen molar-refractivity contribution in [1.29, 1.82) is 0 Å². The van der Waals surface area contributed by atoms with E-state index in [9.17, 15) is 22.8 Å². The van der Waals surface area contributed by atoms with Gasteiger partial charge in [-0.25, -0.2) is 4.79 Å². The average Bonchev–Trinajstić information content (AvgIpc) is 2.35. The Hall–Kier alpha value is -1.27. The van der Waals surface area contributed by atoms with Crippen molar-refractivity contribution in [2.75, 3.05) is 0 Å². The Morgan fingerprint density at radius 2 is 1.80 bits per heavy atom. The van der Waals surface area contributed by atoms with E-state index in [1.165, 1.54) is 6.42 Å². The standard InChI is InChI=1S/C13H20F3NO3/c14-13(15,16)8-10(12(19)20)17-11(18)7-6-9-4-2-1-3-5-9/h9-10H,1-8H2,(H,17,18)(H,19,20).